The molecule has 2 nitrogen and oxygen atoms in total. The normalized spacial score (nSPS) is 11.7. The molecule has 1 rings (SSSR count). The SMILES string of the molecule is CCC(CNC(=O)C=C(C)C)c1ccccc1. The van der Waals surface area contributed by atoms with Gasteiger partial charge in [0.25, 0.3) is 0 Å². The molecule has 1 aromatic carbocycles. The van der Waals surface area contributed by atoms with E-state index in [1.807, 2.05) is 32.0 Å². The van der Waals surface area contributed by atoms with Crippen LogP contribution in [0.3, 0.4) is 0 Å². The first-order valence-electron chi connectivity index (χ1n) is 6.11. The van der Waals surface area contributed by atoms with Gasteiger partial charge < -0.3 is 5.32 Å². The van der Waals surface area contributed by atoms with E-state index in [0.29, 0.717) is 12.5 Å². The highest BCUT2D eigenvalue weighted by Crippen LogP contribution is 2.17. The molecular weight excluding hydrogens is 210 g/mol. The molecule has 0 aliphatic carbocycles. The summed E-state index contributed by atoms with van der Waals surface area (Å²) >= 11 is 0. The van der Waals surface area contributed by atoms with Crippen molar-refractivity contribution in [2.75, 3.05) is 6.54 Å². The summed E-state index contributed by atoms with van der Waals surface area (Å²) in [6, 6.07) is 10.3. The molecule has 1 unspecified atom stereocenters. The van der Waals surface area contributed by atoms with Gasteiger partial charge in [-0.3, -0.25) is 4.79 Å². The summed E-state index contributed by atoms with van der Waals surface area (Å²) in [4.78, 5) is 11.5. The van der Waals surface area contributed by atoms with E-state index < -0.39 is 0 Å². The van der Waals surface area contributed by atoms with Gasteiger partial charge in [0, 0.05) is 18.5 Å². The van der Waals surface area contributed by atoms with E-state index in [1.165, 1.54) is 5.56 Å². The molecule has 0 fully saturated rings. The van der Waals surface area contributed by atoms with E-state index in [1.54, 1.807) is 6.08 Å². The van der Waals surface area contributed by atoms with Crippen molar-refractivity contribution in [1.29, 1.82) is 0 Å². The first kappa shape index (κ1) is 13.5. The van der Waals surface area contributed by atoms with Gasteiger partial charge in [-0.15, -0.1) is 0 Å². The molecule has 2 heteroatoms. The molecule has 0 spiro atoms. The van der Waals surface area contributed by atoms with Crippen molar-refractivity contribution >= 4 is 5.91 Å². The van der Waals surface area contributed by atoms with Gasteiger partial charge in [-0.25, -0.2) is 0 Å². The number of nitrogens with one attached hydrogen (secondary N) is 1. The molecule has 0 saturated carbocycles. The van der Waals surface area contributed by atoms with Crippen LogP contribution in [0.15, 0.2) is 42.0 Å². The maximum Gasteiger partial charge on any atom is 0.243 e. The van der Waals surface area contributed by atoms with Crippen LogP contribution >= 0.6 is 0 Å². The average Bonchev–Trinajstić information content (AvgIpc) is 2.30. The Bertz CT molecular complexity index is 377. The molecule has 0 aliphatic rings. The van der Waals surface area contributed by atoms with E-state index in [0.717, 1.165) is 12.0 Å². The number of carbonyl (C=O) groups excluding carboxylic acids is 1. The lowest BCUT2D eigenvalue weighted by atomic mass is 9.96. The van der Waals surface area contributed by atoms with Crippen LogP contribution in [0.5, 0.6) is 0 Å². The summed E-state index contributed by atoms with van der Waals surface area (Å²) in [6.45, 7) is 6.69. The minimum atomic E-state index is -0.000573. The first-order valence-corrected chi connectivity index (χ1v) is 6.11. The Balaban J connectivity index is 2.55. The second-order valence-corrected chi connectivity index (χ2v) is 4.48. The largest absolute Gasteiger partial charge is 0.352 e. The minimum absolute atomic E-state index is 0.000573. The van der Waals surface area contributed by atoms with Gasteiger partial charge in [0.15, 0.2) is 0 Å². The second kappa shape index (κ2) is 6.89. The zero-order valence-electron chi connectivity index (χ0n) is 10.9. The van der Waals surface area contributed by atoms with E-state index >= 15 is 0 Å². The third-order valence-corrected chi connectivity index (χ3v) is 2.71. The molecular formula is C15H21NO. The third-order valence-electron chi connectivity index (χ3n) is 2.71. The van der Waals surface area contributed by atoms with Gasteiger partial charge >= 0.3 is 0 Å². The van der Waals surface area contributed by atoms with Crippen LogP contribution in [0.2, 0.25) is 0 Å². The Hall–Kier alpha value is -1.57. The highest BCUT2D eigenvalue weighted by Gasteiger charge is 2.09. The number of allylic oxidation sites excluding steroid dienone is 1. The summed E-state index contributed by atoms with van der Waals surface area (Å²) in [5, 5.41) is 2.95. The highest BCUT2D eigenvalue weighted by atomic mass is 16.1. The molecule has 1 amide bonds. The summed E-state index contributed by atoms with van der Waals surface area (Å²) in [5.41, 5.74) is 2.31. The van der Waals surface area contributed by atoms with Crippen molar-refractivity contribution in [1.82, 2.24) is 5.32 Å². The average molecular weight is 231 g/mol. The molecule has 92 valence electrons. The van der Waals surface area contributed by atoms with Crippen LogP contribution in [-0.4, -0.2) is 12.5 Å². The van der Waals surface area contributed by atoms with Gasteiger partial charge in [0.1, 0.15) is 0 Å². The number of amides is 1. The zero-order valence-corrected chi connectivity index (χ0v) is 10.9. The van der Waals surface area contributed by atoms with Crippen LogP contribution in [-0.2, 0) is 4.79 Å². The zero-order chi connectivity index (χ0) is 12.7. The lowest BCUT2D eigenvalue weighted by Crippen LogP contribution is -2.26. The van der Waals surface area contributed by atoms with Gasteiger partial charge in [-0.05, 0) is 25.8 Å². The van der Waals surface area contributed by atoms with Crippen LogP contribution in [0.1, 0.15) is 38.7 Å². The Kier molecular flexibility index (Phi) is 5.47. The Morgan fingerprint density at radius 2 is 1.94 bits per heavy atom. The van der Waals surface area contributed by atoms with Gasteiger partial charge in [0.2, 0.25) is 5.91 Å². The molecule has 17 heavy (non-hydrogen) atoms. The molecule has 0 heterocycles. The number of hydrogen-bond acceptors (Lipinski definition) is 1. The number of carbonyl (C=O) groups is 1. The molecule has 0 radical (unpaired) electrons. The highest BCUT2D eigenvalue weighted by molar-refractivity contribution is 5.88. The number of rotatable bonds is 5. The second-order valence-electron chi connectivity index (χ2n) is 4.48. The minimum Gasteiger partial charge on any atom is -0.352 e. The Morgan fingerprint density at radius 3 is 2.47 bits per heavy atom. The standard InChI is InChI=1S/C15H21NO/c1-4-13(14-8-6-5-7-9-14)11-16-15(17)10-12(2)3/h5-10,13H,4,11H2,1-3H3,(H,16,17). The third kappa shape index (κ3) is 4.85. The van der Waals surface area contributed by atoms with Crippen molar-refractivity contribution in [3.05, 3.63) is 47.5 Å². The summed E-state index contributed by atoms with van der Waals surface area (Å²) in [5.74, 6) is 0.394. The number of benzene rings is 1. The quantitative estimate of drug-likeness (QED) is 0.774. The van der Waals surface area contributed by atoms with E-state index in [4.69, 9.17) is 0 Å². The van der Waals surface area contributed by atoms with Crippen molar-refractivity contribution < 1.29 is 4.79 Å². The molecule has 1 atom stereocenters. The molecule has 0 bridgehead atoms. The summed E-state index contributed by atoms with van der Waals surface area (Å²) in [6.07, 6.45) is 2.66. The maximum atomic E-state index is 11.5. The van der Waals surface area contributed by atoms with Crippen molar-refractivity contribution in [3.8, 4) is 0 Å². The van der Waals surface area contributed by atoms with Crippen molar-refractivity contribution in [2.45, 2.75) is 33.1 Å². The molecule has 0 aromatic heterocycles. The predicted molar refractivity (Wildman–Crippen MR) is 71.9 cm³/mol. The van der Waals surface area contributed by atoms with E-state index in [-0.39, 0.29) is 5.91 Å². The fourth-order valence-electron chi connectivity index (χ4n) is 1.76. The van der Waals surface area contributed by atoms with E-state index in [9.17, 15) is 4.79 Å². The van der Waals surface area contributed by atoms with Crippen LogP contribution in [0.25, 0.3) is 0 Å². The molecule has 1 aromatic rings. The Morgan fingerprint density at radius 1 is 1.29 bits per heavy atom. The fraction of sp³-hybridized carbons (Fsp3) is 0.400. The predicted octanol–water partition coefficient (Wildman–Crippen LogP) is 3.26. The molecule has 1 N–H and O–H groups in total. The lowest BCUT2D eigenvalue weighted by Gasteiger charge is -2.15. The van der Waals surface area contributed by atoms with Crippen molar-refractivity contribution in [3.63, 3.8) is 0 Å². The van der Waals surface area contributed by atoms with E-state index in [2.05, 4.69) is 24.4 Å². The summed E-state index contributed by atoms with van der Waals surface area (Å²) in [7, 11) is 0. The smallest absolute Gasteiger partial charge is 0.243 e. The Labute approximate surface area is 104 Å². The summed E-state index contributed by atoms with van der Waals surface area (Å²) < 4.78 is 0. The molecule has 0 saturated heterocycles. The van der Waals surface area contributed by atoms with Crippen LogP contribution in [0, 0.1) is 0 Å². The molecule has 0 aliphatic heterocycles. The van der Waals surface area contributed by atoms with Gasteiger partial charge in [0.05, 0.1) is 0 Å². The first-order chi connectivity index (χ1) is 8.13. The van der Waals surface area contributed by atoms with Crippen LogP contribution < -0.4 is 5.32 Å². The number of hydrogen-bond donors (Lipinski definition) is 1. The fourth-order valence-corrected chi connectivity index (χ4v) is 1.76. The maximum absolute atomic E-state index is 11.5. The van der Waals surface area contributed by atoms with Gasteiger partial charge in [-0.1, -0.05) is 42.8 Å². The topological polar surface area (TPSA) is 29.1 Å². The van der Waals surface area contributed by atoms with Gasteiger partial charge in [-0.2, -0.15) is 0 Å². The van der Waals surface area contributed by atoms with Crippen molar-refractivity contribution in [2.24, 2.45) is 0 Å². The monoisotopic (exact) mass is 231 g/mol. The lowest BCUT2D eigenvalue weighted by molar-refractivity contribution is -0.116. The van der Waals surface area contributed by atoms with Crippen LogP contribution in [0.4, 0.5) is 0 Å².